The van der Waals surface area contributed by atoms with Crippen molar-refractivity contribution in [1.29, 1.82) is 0 Å². The van der Waals surface area contributed by atoms with E-state index in [0.717, 1.165) is 18.4 Å². The summed E-state index contributed by atoms with van der Waals surface area (Å²) < 4.78 is 18.2. The highest BCUT2D eigenvalue weighted by Gasteiger charge is 2.10. The summed E-state index contributed by atoms with van der Waals surface area (Å²) >= 11 is 11.9. The number of hydrogen-bond donors (Lipinski definition) is 1. The van der Waals surface area contributed by atoms with E-state index in [1.807, 2.05) is 12.1 Å². The molecule has 0 radical (unpaired) electrons. The Hall–Kier alpha value is -2.44. The van der Waals surface area contributed by atoms with E-state index in [1.165, 1.54) is 12.1 Å². The van der Waals surface area contributed by atoms with Crippen molar-refractivity contribution in [3.8, 4) is 11.4 Å². The standard InChI is InChI=1S/C21H20Cl2FN3O2/c22-17-11-6-14(13-18(17)23)3-2-12-25-19(28)4-1-5-20-26-21(27-29-20)15-7-9-16(24)10-8-15/h6-11,13H,1-5,12H2,(H,25,28). The Morgan fingerprint density at radius 1 is 1.03 bits per heavy atom. The van der Waals surface area contributed by atoms with Crippen molar-refractivity contribution in [2.45, 2.75) is 32.1 Å². The third-order valence-corrected chi connectivity index (χ3v) is 5.05. The third-order valence-electron chi connectivity index (χ3n) is 4.31. The predicted molar refractivity (Wildman–Crippen MR) is 110 cm³/mol. The van der Waals surface area contributed by atoms with E-state index in [9.17, 15) is 9.18 Å². The highest BCUT2D eigenvalue weighted by molar-refractivity contribution is 6.42. The van der Waals surface area contributed by atoms with Crippen molar-refractivity contribution in [1.82, 2.24) is 15.5 Å². The second-order valence-corrected chi connectivity index (χ2v) is 7.39. The number of aromatic nitrogens is 2. The van der Waals surface area contributed by atoms with Crippen LogP contribution in [0, 0.1) is 5.82 Å². The molecule has 1 amide bonds. The summed E-state index contributed by atoms with van der Waals surface area (Å²) in [5.74, 6) is 0.529. The van der Waals surface area contributed by atoms with Crippen LogP contribution in [-0.2, 0) is 17.6 Å². The van der Waals surface area contributed by atoms with Gasteiger partial charge in [0.05, 0.1) is 10.0 Å². The van der Waals surface area contributed by atoms with Crippen LogP contribution in [0.15, 0.2) is 47.0 Å². The fraction of sp³-hybridized carbons (Fsp3) is 0.286. The Balaban J connectivity index is 1.33. The minimum absolute atomic E-state index is 0.0163. The second kappa shape index (κ2) is 10.4. The van der Waals surface area contributed by atoms with E-state index in [1.54, 1.807) is 18.2 Å². The lowest BCUT2D eigenvalue weighted by molar-refractivity contribution is -0.121. The van der Waals surface area contributed by atoms with E-state index in [2.05, 4.69) is 15.5 Å². The monoisotopic (exact) mass is 435 g/mol. The molecule has 5 nitrogen and oxygen atoms in total. The Labute approximate surface area is 178 Å². The summed E-state index contributed by atoms with van der Waals surface area (Å²) in [6.45, 7) is 0.592. The first-order chi connectivity index (χ1) is 14.0. The van der Waals surface area contributed by atoms with Crippen LogP contribution in [-0.4, -0.2) is 22.6 Å². The van der Waals surface area contributed by atoms with Gasteiger partial charge < -0.3 is 9.84 Å². The Morgan fingerprint density at radius 3 is 2.59 bits per heavy atom. The predicted octanol–water partition coefficient (Wildman–Crippen LogP) is 5.25. The SMILES string of the molecule is O=C(CCCc1nc(-c2ccc(F)cc2)no1)NCCCc1ccc(Cl)c(Cl)c1. The molecular formula is C21H20Cl2FN3O2. The largest absolute Gasteiger partial charge is 0.356 e. The molecule has 152 valence electrons. The number of amides is 1. The molecule has 0 unspecified atom stereocenters. The minimum Gasteiger partial charge on any atom is -0.356 e. The normalized spacial score (nSPS) is 10.9. The van der Waals surface area contributed by atoms with Gasteiger partial charge in [0, 0.05) is 24.9 Å². The van der Waals surface area contributed by atoms with Crippen LogP contribution in [0.5, 0.6) is 0 Å². The van der Waals surface area contributed by atoms with Crippen LogP contribution >= 0.6 is 23.2 Å². The van der Waals surface area contributed by atoms with E-state index in [-0.39, 0.29) is 11.7 Å². The first-order valence-corrected chi connectivity index (χ1v) is 10.1. The molecule has 2 aromatic carbocycles. The lowest BCUT2D eigenvalue weighted by Gasteiger charge is -2.06. The maximum atomic E-state index is 13.0. The molecule has 3 aromatic rings. The summed E-state index contributed by atoms with van der Waals surface area (Å²) in [5, 5.41) is 7.87. The number of hydrogen-bond acceptors (Lipinski definition) is 4. The maximum Gasteiger partial charge on any atom is 0.226 e. The van der Waals surface area contributed by atoms with Crippen LogP contribution in [0.1, 0.15) is 30.7 Å². The van der Waals surface area contributed by atoms with Crippen LogP contribution in [0.4, 0.5) is 4.39 Å². The lowest BCUT2D eigenvalue weighted by Crippen LogP contribution is -2.24. The molecule has 0 bridgehead atoms. The lowest BCUT2D eigenvalue weighted by atomic mass is 10.1. The highest BCUT2D eigenvalue weighted by atomic mass is 35.5. The van der Waals surface area contributed by atoms with E-state index in [4.69, 9.17) is 27.7 Å². The zero-order chi connectivity index (χ0) is 20.6. The quantitative estimate of drug-likeness (QED) is 0.465. The number of carbonyl (C=O) groups is 1. The third kappa shape index (κ3) is 6.54. The topological polar surface area (TPSA) is 68.0 Å². The fourth-order valence-corrected chi connectivity index (χ4v) is 3.10. The molecule has 0 fully saturated rings. The van der Waals surface area contributed by atoms with Crippen molar-refractivity contribution in [3.05, 3.63) is 69.8 Å². The van der Waals surface area contributed by atoms with Gasteiger partial charge in [-0.05, 0) is 61.2 Å². The van der Waals surface area contributed by atoms with Crippen molar-refractivity contribution >= 4 is 29.1 Å². The number of aryl methyl sites for hydroxylation is 2. The zero-order valence-electron chi connectivity index (χ0n) is 15.6. The Kier molecular flexibility index (Phi) is 7.61. The Bertz CT molecular complexity index is 961. The van der Waals surface area contributed by atoms with Gasteiger partial charge in [-0.15, -0.1) is 0 Å². The highest BCUT2D eigenvalue weighted by Crippen LogP contribution is 2.23. The first-order valence-electron chi connectivity index (χ1n) is 9.30. The van der Waals surface area contributed by atoms with Crippen LogP contribution in [0.3, 0.4) is 0 Å². The van der Waals surface area contributed by atoms with Gasteiger partial charge in [-0.2, -0.15) is 4.98 Å². The average Bonchev–Trinajstić information content (AvgIpc) is 3.17. The fourth-order valence-electron chi connectivity index (χ4n) is 2.78. The summed E-state index contributed by atoms with van der Waals surface area (Å²) in [4.78, 5) is 16.2. The van der Waals surface area contributed by atoms with Crippen molar-refractivity contribution < 1.29 is 13.7 Å². The summed E-state index contributed by atoms with van der Waals surface area (Å²) in [6.07, 6.45) is 3.11. The van der Waals surface area contributed by atoms with Gasteiger partial charge in [0.2, 0.25) is 17.6 Å². The van der Waals surface area contributed by atoms with Crippen molar-refractivity contribution in [2.75, 3.05) is 6.54 Å². The number of carbonyl (C=O) groups excluding carboxylic acids is 1. The molecule has 1 N–H and O–H groups in total. The van der Waals surface area contributed by atoms with Gasteiger partial charge in [-0.25, -0.2) is 4.39 Å². The van der Waals surface area contributed by atoms with Crippen molar-refractivity contribution in [3.63, 3.8) is 0 Å². The first kappa shape index (κ1) is 21.3. The number of nitrogens with one attached hydrogen (secondary N) is 1. The van der Waals surface area contributed by atoms with Gasteiger partial charge in [0.1, 0.15) is 5.82 Å². The van der Waals surface area contributed by atoms with Crippen molar-refractivity contribution in [2.24, 2.45) is 0 Å². The smallest absolute Gasteiger partial charge is 0.226 e. The van der Waals surface area contributed by atoms with Crippen LogP contribution < -0.4 is 5.32 Å². The Morgan fingerprint density at radius 2 is 1.83 bits per heavy atom. The van der Waals surface area contributed by atoms with E-state index < -0.39 is 0 Å². The number of nitrogens with zero attached hydrogens (tertiary/aromatic N) is 2. The molecular weight excluding hydrogens is 416 g/mol. The molecule has 0 atom stereocenters. The van der Waals surface area contributed by atoms with Gasteiger partial charge >= 0.3 is 0 Å². The summed E-state index contributed by atoms with van der Waals surface area (Å²) in [5.41, 5.74) is 1.77. The van der Waals surface area contributed by atoms with Crippen LogP contribution in [0.2, 0.25) is 10.0 Å². The van der Waals surface area contributed by atoms with Gasteiger partial charge in [0.25, 0.3) is 0 Å². The summed E-state index contributed by atoms with van der Waals surface area (Å²) in [6, 6.07) is 11.4. The number of rotatable bonds is 9. The molecule has 3 rings (SSSR count). The molecule has 1 heterocycles. The molecule has 0 aliphatic carbocycles. The number of benzene rings is 2. The molecule has 1 aromatic heterocycles. The average molecular weight is 436 g/mol. The van der Waals surface area contributed by atoms with Crippen LogP contribution in [0.25, 0.3) is 11.4 Å². The molecule has 0 saturated carbocycles. The molecule has 8 heteroatoms. The van der Waals surface area contributed by atoms with Gasteiger partial charge in [0.15, 0.2) is 0 Å². The molecule has 0 saturated heterocycles. The molecule has 0 aliphatic rings. The van der Waals surface area contributed by atoms with Gasteiger partial charge in [-0.3, -0.25) is 4.79 Å². The number of halogens is 3. The molecule has 0 aliphatic heterocycles. The van der Waals surface area contributed by atoms with Gasteiger partial charge in [-0.1, -0.05) is 34.4 Å². The zero-order valence-corrected chi connectivity index (χ0v) is 17.1. The molecule has 29 heavy (non-hydrogen) atoms. The van der Waals surface area contributed by atoms with E-state index in [0.29, 0.717) is 53.1 Å². The van der Waals surface area contributed by atoms with E-state index >= 15 is 0 Å². The maximum absolute atomic E-state index is 13.0. The minimum atomic E-state index is -0.319. The second-order valence-electron chi connectivity index (χ2n) is 6.57. The summed E-state index contributed by atoms with van der Waals surface area (Å²) in [7, 11) is 0. The molecule has 0 spiro atoms.